The minimum absolute atomic E-state index is 0.0159. The molecule has 0 fully saturated rings. The Kier molecular flexibility index (Phi) is 1.84. The number of amides is 1. The lowest BCUT2D eigenvalue weighted by Crippen LogP contribution is -2.39. The van der Waals surface area contributed by atoms with Crippen molar-refractivity contribution >= 4 is 11.6 Å². The van der Waals surface area contributed by atoms with Gasteiger partial charge in [-0.2, -0.15) is 5.10 Å². The summed E-state index contributed by atoms with van der Waals surface area (Å²) < 4.78 is 0. The lowest BCUT2D eigenvalue weighted by atomic mass is 9.74. The molecular weight excluding hydrogens is 188 g/mol. The van der Waals surface area contributed by atoms with Gasteiger partial charge in [0.1, 0.15) is 0 Å². The average molecular weight is 200 g/mol. The number of nitrogens with zero attached hydrogens (tertiary/aromatic N) is 1. The fourth-order valence-corrected chi connectivity index (χ4v) is 2.41. The molecule has 1 amide bonds. The minimum atomic E-state index is 0.0159. The highest BCUT2D eigenvalue weighted by atomic mass is 16.2. The number of carbonyl (C=O) groups excluding carboxylic acids is 1. The third-order valence-electron chi connectivity index (χ3n) is 3.18. The van der Waals surface area contributed by atoms with Gasteiger partial charge in [0.05, 0.1) is 5.71 Å². The van der Waals surface area contributed by atoms with Crippen molar-refractivity contribution in [3.05, 3.63) is 36.5 Å². The molecule has 2 aliphatic carbocycles. The highest BCUT2D eigenvalue weighted by Gasteiger charge is 2.34. The molecule has 0 bridgehead atoms. The van der Waals surface area contributed by atoms with Crippen molar-refractivity contribution < 1.29 is 4.79 Å². The minimum Gasteiger partial charge on any atom is -0.273 e. The molecule has 0 saturated carbocycles. The normalized spacial score (nSPS) is 36.7. The molecule has 76 valence electrons. The van der Waals surface area contributed by atoms with E-state index in [4.69, 9.17) is 0 Å². The Morgan fingerprint density at radius 2 is 2.07 bits per heavy atom. The van der Waals surface area contributed by atoms with Gasteiger partial charge in [-0.3, -0.25) is 4.79 Å². The number of hydrogen-bond acceptors (Lipinski definition) is 2. The van der Waals surface area contributed by atoms with Crippen molar-refractivity contribution in [1.82, 2.24) is 5.43 Å². The van der Waals surface area contributed by atoms with E-state index in [1.807, 2.05) is 0 Å². The first-order valence-corrected chi connectivity index (χ1v) is 5.24. The maximum absolute atomic E-state index is 11.2. The molecule has 15 heavy (non-hydrogen) atoms. The first-order chi connectivity index (χ1) is 7.34. The molecule has 0 saturated heterocycles. The average Bonchev–Trinajstić information content (AvgIpc) is 2.28. The van der Waals surface area contributed by atoms with E-state index >= 15 is 0 Å². The third-order valence-corrected chi connectivity index (χ3v) is 3.18. The van der Waals surface area contributed by atoms with Crippen molar-refractivity contribution in [2.45, 2.75) is 6.42 Å². The van der Waals surface area contributed by atoms with E-state index < -0.39 is 0 Å². The van der Waals surface area contributed by atoms with E-state index in [1.165, 1.54) is 0 Å². The molecule has 3 nitrogen and oxygen atoms in total. The summed E-state index contributed by atoms with van der Waals surface area (Å²) in [5.41, 5.74) is 3.67. The second-order valence-electron chi connectivity index (χ2n) is 4.14. The zero-order valence-electron chi connectivity index (χ0n) is 8.26. The molecule has 1 N–H and O–H groups in total. The van der Waals surface area contributed by atoms with Gasteiger partial charge in [-0.1, -0.05) is 36.5 Å². The highest BCUT2D eigenvalue weighted by molar-refractivity contribution is 5.99. The molecule has 3 unspecified atom stereocenters. The number of rotatable bonds is 0. The summed E-state index contributed by atoms with van der Waals surface area (Å²) in [5, 5.41) is 4.20. The first kappa shape index (κ1) is 8.65. The molecule has 1 heterocycles. The SMILES string of the molecule is O=C1CC2C=CC3C=CC=CC3C2=NN1. The summed E-state index contributed by atoms with van der Waals surface area (Å²) >= 11 is 0. The maximum Gasteiger partial charge on any atom is 0.241 e. The monoisotopic (exact) mass is 200 g/mol. The van der Waals surface area contributed by atoms with Crippen LogP contribution in [0.3, 0.4) is 0 Å². The van der Waals surface area contributed by atoms with Crippen molar-refractivity contribution in [2.75, 3.05) is 0 Å². The molecule has 1 aliphatic heterocycles. The number of hydrazone groups is 1. The molecular formula is C12H12N2O. The van der Waals surface area contributed by atoms with Crippen LogP contribution >= 0.6 is 0 Å². The van der Waals surface area contributed by atoms with E-state index in [2.05, 4.69) is 47.0 Å². The van der Waals surface area contributed by atoms with Crippen LogP contribution in [0.5, 0.6) is 0 Å². The van der Waals surface area contributed by atoms with Gasteiger partial charge in [-0.25, -0.2) is 5.43 Å². The van der Waals surface area contributed by atoms with Crippen LogP contribution in [0, 0.1) is 17.8 Å². The summed E-state index contributed by atoms with van der Waals surface area (Å²) in [6.45, 7) is 0. The summed E-state index contributed by atoms with van der Waals surface area (Å²) in [6, 6.07) is 0. The predicted molar refractivity (Wildman–Crippen MR) is 58.1 cm³/mol. The second kappa shape index (κ2) is 3.19. The van der Waals surface area contributed by atoms with Crippen LogP contribution in [0.1, 0.15) is 6.42 Å². The second-order valence-corrected chi connectivity index (χ2v) is 4.14. The van der Waals surface area contributed by atoms with Gasteiger partial charge in [0.15, 0.2) is 0 Å². The lowest BCUT2D eigenvalue weighted by molar-refractivity contribution is -0.121. The third kappa shape index (κ3) is 1.35. The van der Waals surface area contributed by atoms with Crippen LogP contribution in [0.25, 0.3) is 0 Å². The summed E-state index contributed by atoms with van der Waals surface area (Å²) in [7, 11) is 0. The molecule has 3 heteroatoms. The van der Waals surface area contributed by atoms with E-state index in [0.717, 1.165) is 5.71 Å². The fourth-order valence-electron chi connectivity index (χ4n) is 2.41. The van der Waals surface area contributed by atoms with Crippen LogP contribution in [-0.2, 0) is 4.79 Å². The molecule has 3 atom stereocenters. The Balaban J connectivity index is 1.99. The summed E-state index contributed by atoms with van der Waals surface area (Å²) in [4.78, 5) is 11.2. The number of nitrogens with one attached hydrogen (secondary N) is 1. The number of hydrogen-bond donors (Lipinski definition) is 1. The van der Waals surface area contributed by atoms with Crippen LogP contribution in [-0.4, -0.2) is 11.6 Å². The van der Waals surface area contributed by atoms with E-state index in [-0.39, 0.29) is 11.8 Å². The molecule has 0 aromatic carbocycles. The first-order valence-electron chi connectivity index (χ1n) is 5.24. The maximum atomic E-state index is 11.2. The van der Waals surface area contributed by atoms with Gasteiger partial charge in [0.25, 0.3) is 0 Å². The van der Waals surface area contributed by atoms with Gasteiger partial charge in [0, 0.05) is 24.2 Å². The summed E-state index contributed by atoms with van der Waals surface area (Å²) in [5.74, 6) is 0.976. The van der Waals surface area contributed by atoms with Crippen LogP contribution in [0.15, 0.2) is 41.6 Å². The van der Waals surface area contributed by atoms with Crippen molar-refractivity contribution in [3.8, 4) is 0 Å². The van der Waals surface area contributed by atoms with Gasteiger partial charge in [-0.05, 0) is 0 Å². The predicted octanol–water partition coefficient (Wildman–Crippen LogP) is 1.41. The smallest absolute Gasteiger partial charge is 0.241 e. The highest BCUT2D eigenvalue weighted by Crippen LogP contribution is 2.33. The zero-order chi connectivity index (χ0) is 10.3. The van der Waals surface area contributed by atoms with Gasteiger partial charge in [-0.15, -0.1) is 0 Å². The molecule has 0 aromatic rings. The Hall–Kier alpha value is -1.64. The lowest BCUT2D eigenvalue weighted by Gasteiger charge is -2.33. The van der Waals surface area contributed by atoms with E-state index in [1.54, 1.807) is 0 Å². The van der Waals surface area contributed by atoms with Crippen LogP contribution in [0.2, 0.25) is 0 Å². The zero-order valence-corrected chi connectivity index (χ0v) is 8.26. The quantitative estimate of drug-likeness (QED) is 0.590. The fraction of sp³-hybridized carbons (Fsp3) is 0.333. The van der Waals surface area contributed by atoms with Crippen LogP contribution < -0.4 is 5.43 Å². The van der Waals surface area contributed by atoms with Crippen molar-refractivity contribution in [3.63, 3.8) is 0 Å². The molecule has 0 spiro atoms. The van der Waals surface area contributed by atoms with Gasteiger partial charge >= 0.3 is 0 Å². The van der Waals surface area contributed by atoms with Crippen molar-refractivity contribution in [1.29, 1.82) is 0 Å². The molecule has 0 aromatic heterocycles. The van der Waals surface area contributed by atoms with Crippen molar-refractivity contribution in [2.24, 2.45) is 22.9 Å². The summed E-state index contributed by atoms with van der Waals surface area (Å²) in [6.07, 6.45) is 13.3. The Bertz CT molecular complexity index is 417. The number of allylic oxidation sites excluding steroid dienone is 6. The number of carbonyl (C=O) groups is 1. The standard InChI is InChI=1S/C12H12N2O/c15-11-7-9-6-5-8-3-1-2-4-10(8)12(9)14-13-11/h1-6,8-10H,7H2,(H,13,15). The Labute approximate surface area is 88.2 Å². The molecule has 0 radical (unpaired) electrons. The van der Waals surface area contributed by atoms with Gasteiger partial charge in [0.2, 0.25) is 5.91 Å². The van der Waals surface area contributed by atoms with E-state index in [0.29, 0.717) is 18.3 Å². The molecule has 3 rings (SSSR count). The van der Waals surface area contributed by atoms with Gasteiger partial charge < -0.3 is 0 Å². The van der Waals surface area contributed by atoms with E-state index in [9.17, 15) is 4.79 Å². The Morgan fingerprint density at radius 1 is 1.20 bits per heavy atom. The molecule has 3 aliphatic rings. The topological polar surface area (TPSA) is 41.5 Å². The number of fused-ring (bicyclic) bond motifs is 3. The van der Waals surface area contributed by atoms with Crippen LogP contribution in [0.4, 0.5) is 0 Å². The largest absolute Gasteiger partial charge is 0.273 e. The Morgan fingerprint density at radius 3 is 3.00 bits per heavy atom.